The number of piperidine rings is 1. The Kier molecular flexibility index (Phi) is 4.50. The van der Waals surface area contributed by atoms with Gasteiger partial charge in [-0.25, -0.2) is 0 Å². The molecule has 4 nitrogen and oxygen atoms in total. The van der Waals surface area contributed by atoms with Crippen molar-refractivity contribution in [2.45, 2.75) is 44.6 Å². The average Bonchev–Trinajstić information content (AvgIpc) is 2.88. The molecule has 0 bridgehead atoms. The molecule has 21 heavy (non-hydrogen) atoms. The summed E-state index contributed by atoms with van der Waals surface area (Å²) in [6.45, 7) is 2.12. The van der Waals surface area contributed by atoms with Gasteiger partial charge in [0.25, 0.3) is 5.91 Å². The molecule has 0 saturated carbocycles. The van der Waals surface area contributed by atoms with E-state index in [0.717, 1.165) is 49.4 Å². The Hall–Kier alpha value is -1.07. The molecule has 0 aromatic carbocycles. The van der Waals surface area contributed by atoms with Crippen molar-refractivity contribution in [1.29, 1.82) is 0 Å². The van der Waals surface area contributed by atoms with Gasteiger partial charge < -0.3 is 15.0 Å². The van der Waals surface area contributed by atoms with E-state index in [0.29, 0.717) is 6.04 Å². The van der Waals surface area contributed by atoms with E-state index >= 15 is 0 Å². The van der Waals surface area contributed by atoms with Crippen molar-refractivity contribution in [3.8, 4) is 5.75 Å². The number of likely N-dealkylation sites (tertiary alicyclic amines) is 1. The fourth-order valence-corrected chi connectivity index (χ4v) is 4.57. The third-order valence-corrected chi connectivity index (χ3v) is 5.86. The first-order valence-electron chi connectivity index (χ1n) is 7.87. The molecule has 1 fully saturated rings. The number of fused-ring (bicyclic) bond motifs is 1. The van der Waals surface area contributed by atoms with Crippen molar-refractivity contribution in [2.75, 3.05) is 27.2 Å². The third-order valence-electron chi connectivity index (χ3n) is 4.59. The van der Waals surface area contributed by atoms with Gasteiger partial charge in [0, 0.05) is 16.5 Å². The number of amides is 1. The smallest absolute Gasteiger partial charge is 0.265 e. The second-order valence-corrected chi connectivity index (χ2v) is 7.23. The lowest BCUT2D eigenvalue weighted by molar-refractivity contribution is 0.0918. The van der Waals surface area contributed by atoms with Crippen molar-refractivity contribution in [3.05, 3.63) is 15.3 Å². The number of carbonyl (C=O) groups excluding carboxylic acids is 1. The predicted molar refractivity (Wildman–Crippen MR) is 85.5 cm³/mol. The van der Waals surface area contributed by atoms with Crippen LogP contribution in [0, 0.1) is 0 Å². The van der Waals surface area contributed by atoms with Gasteiger partial charge in [-0.3, -0.25) is 4.79 Å². The topological polar surface area (TPSA) is 41.6 Å². The van der Waals surface area contributed by atoms with Crippen molar-refractivity contribution < 1.29 is 9.53 Å². The zero-order valence-corrected chi connectivity index (χ0v) is 13.7. The largest absolute Gasteiger partial charge is 0.495 e. The fraction of sp³-hybridized carbons (Fsp3) is 0.688. The van der Waals surface area contributed by atoms with Crippen LogP contribution in [0.4, 0.5) is 0 Å². The summed E-state index contributed by atoms with van der Waals surface area (Å²) in [5, 5.41) is 3.20. The minimum atomic E-state index is 0.0563. The Morgan fingerprint density at radius 1 is 1.29 bits per heavy atom. The predicted octanol–water partition coefficient (Wildman–Crippen LogP) is 2.46. The van der Waals surface area contributed by atoms with Crippen LogP contribution in [0.2, 0.25) is 0 Å². The van der Waals surface area contributed by atoms with E-state index in [-0.39, 0.29) is 5.91 Å². The zero-order chi connectivity index (χ0) is 14.8. The van der Waals surface area contributed by atoms with Gasteiger partial charge in [-0.05, 0) is 58.7 Å². The van der Waals surface area contributed by atoms with Gasteiger partial charge >= 0.3 is 0 Å². The molecule has 0 radical (unpaired) electrons. The van der Waals surface area contributed by atoms with Gasteiger partial charge in [-0.15, -0.1) is 11.3 Å². The molecule has 0 atom stereocenters. The molecule has 1 N–H and O–H groups in total. The van der Waals surface area contributed by atoms with Gasteiger partial charge in [0.1, 0.15) is 10.6 Å². The summed E-state index contributed by atoms with van der Waals surface area (Å²) >= 11 is 1.64. The highest BCUT2D eigenvalue weighted by atomic mass is 32.1. The molecule has 3 rings (SSSR count). The molecule has 5 heteroatoms. The number of hydrogen-bond donors (Lipinski definition) is 1. The summed E-state index contributed by atoms with van der Waals surface area (Å²) in [6, 6.07) is 0.303. The fourth-order valence-electron chi connectivity index (χ4n) is 3.31. The number of carbonyl (C=O) groups is 1. The SMILES string of the molecule is COc1c(C(=O)NC2CCN(C)CC2)sc2c1CCCC2. The Bertz CT molecular complexity index is 519. The molecule has 2 aliphatic rings. The van der Waals surface area contributed by atoms with Crippen molar-refractivity contribution in [1.82, 2.24) is 10.2 Å². The molecule has 1 saturated heterocycles. The maximum atomic E-state index is 12.6. The van der Waals surface area contributed by atoms with Crippen molar-refractivity contribution >= 4 is 17.2 Å². The standard InChI is InChI=1S/C16H24N2O2S/c1-18-9-7-11(8-10-18)17-16(19)15-14(20-2)12-5-3-4-6-13(12)21-15/h11H,3-10H2,1-2H3,(H,17,19). The second kappa shape index (κ2) is 6.36. The molecule has 2 heterocycles. The minimum absolute atomic E-state index is 0.0563. The van der Waals surface area contributed by atoms with Crippen LogP contribution in [0.5, 0.6) is 5.75 Å². The Balaban J connectivity index is 1.73. The lowest BCUT2D eigenvalue weighted by atomic mass is 9.98. The molecular formula is C16H24N2O2S. The van der Waals surface area contributed by atoms with E-state index in [1.807, 2.05) is 0 Å². The lowest BCUT2D eigenvalue weighted by Gasteiger charge is -2.29. The maximum Gasteiger partial charge on any atom is 0.265 e. The van der Waals surface area contributed by atoms with Gasteiger partial charge in [0.05, 0.1) is 7.11 Å². The first kappa shape index (κ1) is 14.9. The van der Waals surface area contributed by atoms with Gasteiger partial charge in [-0.2, -0.15) is 0 Å². The Labute approximate surface area is 130 Å². The summed E-state index contributed by atoms with van der Waals surface area (Å²) in [4.78, 5) is 17.0. The van der Waals surface area contributed by atoms with Crippen molar-refractivity contribution in [2.24, 2.45) is 0 Å². The normalized spacial score (nSPS) is 20.1. The van der Waals surface area contributed by atoms with E-state index in [4.69, 9.17) is 4.74 Å². The summed E-state index contributed by atoms with van der Waals surface area (Å²) < 4.78 is 5.55. The highest BCUT2D eigenvalue weighted by Gasteiger charge is 2.27. The van der Waals surface area contributed by atoms with Gasteiger partial charge in [0.15, 0.2) is 0 Å². The van der Waals surface area contributed by atoms with E-state index < -0.39 is 0 Å². The van der Waals surface area contributed by atoms with Crippen LogP contribution in [0.15, 0.2) is 0 Å². The van der Waals surface area contributed by atoms with Crippen LogP contribution >= 0.6 is 11.3 Å². The highest BCUT2D eigenvalue weighted by Crippen LogP contribution is 2.39. The van der Waals surface area contributed by atoms with Crippen LogP contribution in [-0.2, 0) is 12.8 Å². The van der Waals surface area contributed by atoms with Crippen LogP contribution in [0.3, 0.4) is 0 Å². The number of rotatable bonds is 3. The van der Waals surface area contributed by atoms with E-state index in [1.165, 1.54) is 23.3 Å². The molecule has 1 aromatic heterocycles. The Morgan fingerprint density at radius 3 is 2.71 bits per heavy atom. The molecule has 1 amide bonds. The first-order chi connectivity index (χ1) is 10.2. The summed E-state index contributed by atoms with van der Waals surface area (Å²) in [5.74, 6) is 0.890. The molecular weight excluding hydrogens is 284 g/mol. The number of thiophene rings is 1. The van der Waals surface area contributed by atoms with Gasteiger partial charge in [-0.1, -0.05) is 0 Å². The van der Waals surface area contributed by atoms with E-state index in [1.54, 1.807) is 18.4 Å². The first-order valence-corrected chi connectivity index (χ1v) is 8.68. The molecule has 1 aliphatic carbocycles. The monoisotopic (exact) mass is 308 g/mol. The van der Waals surface area contributed by atoms with Crippen LogP contribution in [0.1, 0.15) is 45.8 Å². The molecule has 0 unspecified atom stereocenters. The second-order valence-electron chi connectivity index (χ2n) is 6.12. The summed E-state index contributed by atoms with van der Waals surface area (Å²) in [6.07, 6.45) is 6.66. The third kappa shape index (κ3) is 3.09. The maximum absolute atomic E-state index is 12.6. The van der Waals surface area contributed by atoms with E-state index in [9.17, 15) is 4.79 Å². The number of ether oxygens (including phenoxy) is 1. The summed E-state index contributed by atoms with van der Waals surface area (Å²) in [7, 11) is 3.82. The average molecular weight is 308 g/mol. The summed E-state index contributed by atoms with van der Waals surface area (Å²) in [5.41, 5.74) is 1.28. The number of methoxy groups -OCH3 is 1. The Morgan fingerprint density at radius 2 is 2.00 bits per heavy atom. The molecule has 1 aromatic rings. The molecule has 0 spiro atoms. The minimum Gasteiger partial charge on any atom is -0.495 e. The van der Waals surface area contributed by atoms with E-state index in [2.05, 4.69) is 17.3 Å². The van der Waals surface area contributed by atoms with Crippen LogP contribution in [-0.4, -0.2) is 44.1 Å². The quantitative estimate of drug-likeness (QED) is 0.932. The van der Waals surface area contributed by atoms with Crippen molar-refractivity contribution in [3.63, 3.8) is 0 Å². The number of nitrogens with zero attached hydrogens (tertiary/aromatic N) is 1. The lowest BCUT2D eigenvalue weighted by Crippen LogP contribution is -2.43. The zero-order valence-electron chi connectivity index (χ0n) is 12.9. The highest BCUT2D eigenvalue weighted by molar-refractivity contribution is 7.14. The number of nitrogens with one attached hydrogen (secondary N) is 1. The molecule has 1 aliphatic heterocycles. The van der Waals surface area contributed by atoms with Gasteiger partial charge in [0.2, 0.25) is 0 Å². The van der Waals surface area contributed by atoms with Crippen LogP contribution < -0.4 is 10.1 Å². The van der Waals surface area contributed by atoms with Crippen LogP contribution in [0.25, 0.3) is 0 Å². The number of hydrogen-bond acceptors (Lipinski definition) is 4. The number of aryl methyl sites for hydroxylation is 1. The molecule has 116 valence electrons.